The first-order valence-electron chi connectivity index (χ1n) is 5.58. The van der Waals surface area contributed by atoms with E-state index in [1.54, 1.807) is 0 Å². The Morgan fingerprint density at radius 1 is 1.67 bits per heavy atom. The predicted molar refractivity (Wildman–Crippen MR) is 58.9 cm³/mol. The van der Waals surface area contributed by atoms with Gasteiger partial charge in [0.1, 0.15) is 6.61 Å². The van der Waals surface area contributed by atoms with Crippen molar-refractivity contribution in [3.05, 3.63) is 17.5 Å². The lowest BCUT2D eigenvalue weighted by atomic mass is 10.1. The van der Waals surface area contributed by atoms with E-state index in [1.165, 1.54) is 18.1 Å². The summed E-state index contributed by atoms with van der Waals surface area (Å²) >= 11 is 0. The number of hydrogen-bond acceptors (Lipinski definition) is 5. The average molecular weight is 254 g/mol. The highest BCUT2D eigenvalue weighted by Gasteiger charge is 2.32. The van der Waals surface area contributed by atoms with E-state index in [0.717, 1.165) is 0 Å². The van der Waals surface area contributed by atoms with Gasteiger partial charge in [0.05, 0.1) is 5.92 Å². The van der Waals surface area contributed by atoms with Crippen molar-refractivity contribution < 1.29 is 24.0 Å². The van der Waals surface area contributed by atoms with Crippen molar-refractivity contribution in [3.63, 3.8) is 0 Å². The number of aromatic nitrogens is 1. The van der Waals surface area contributed by atoms with E-state index in [9.17, 15) is 9.59 Å². The Labute approximate surface area is 103 Å². The first kappa shape index (κ1) is 12.6. The molecule has 2 heterocycles. The van der Waals surface area contributed by atoms with Gasteiger partial charge in [0, 0.05) is 26.3 Å². The quantitative estimate of drug-likeness (QED) is 0.834. The zero-order valence-electron chi connectivity index (χ0n) is 9.96. The second-order valence-corrected chi connectivity index (χ2v) is 4.19. The van der Waals surface area contributed by atoms with Gasteiger partial charge in [0.2, 0.25) is 0 Å². The number of aliphatic carboxylic acids is 1. The highest BCUT2D eigenvalue weighted by molar-refractivity contribution is 5.92. The van der Waals surface area contributed by atoms with Gasteiger partial charge in [0.15, 0.2) is 11.5 Å². The number of ether oxygens (including phenoxy) is 1. The van der Waals surface area contributed by atoms with Gasteiger partial charge in [-0.3, -0.25) is 9.59 Å². The molecule has 0 aromatic carbocycles. The SMILES string of the molecule is COCc1cc(C(=O)N2CCC(C(=O)O)C2)no1. The molecule has 1 atom stereocenters. The summed E-state index contributed by atoms with van der Waals surface area (Å²) < 4.78 is 9.78. The van der Waals surface area contributed by atoms with Gasteiger partial charge < -0.3 is 19.3 Å². The molecule has 0 bridgehead atoms. The first-order valence-corrected chi connectivity index (χ1v) is 5.58. The number of carbonyl (C=O) groups is 2. The molecular formula is C11H14N2O5. The Kier molecular flexibility index (Phi) is 3.61. The molecular weight excluding hydrogens is 240 g/mol. The Balaban J connectivity index is 2.01. The Morgan fingerprint density at radius 3 is 3.06 bits per heavy atom. The second kappa shape index (κ2) is 5.18. The molecule has 7 heteroatoms. The van der Waals surface area contributed by atoms with Gasteiger partial charge in [0.25, 0.3) is 5.91 Å². The maximum atomic E-state index is 12.0. The Morgan fingerprint density at radius 2 is 2.44 bits per heavy atom. The maximum absolute atomic E-state index is 12.0. The van der Waals surface area contributed by atoms with Crippen molar-refractivity contribution in [1.82, 2.24) is 10.1 Å². The maximum Gasteiger partial charge on any atom is 0.308 e. The highest BCUT2D eigenvalue weighted by Crippen LogP contribution is 2.19. The van der Waals surface area contributed by atoms with Crippen LogP contribution in [0.1, 0.15) is 22.7 Å². The van der Waals surface area contributed by atoms with Gasteiger partial charge in [-0.05, 0) is 6.42 Å². The minimum absolute atomic E-state index is 0.188. The fourth-order valence-corrected chi connectivity index (χ4v) is 1.93. The van der Waals surface area contributed by atoms with Gasteiger partial charge >= 0.3 is 5.97 Å². The first-order chi connectivity index (χ1) is 8.61. The number of likely N-dealkylation sites (tertiary alicyclic amines) is 1. The van der Waals surface area contributed by atoms with Crippen LogP contribution in [-0.2, 0) is 16.1 Å². The predicted octanol–water partition coefficient (Wildman–Crippen LogP) is 0.368. The molecule has 1 unspecified atom stereocenters. The minimum Gasteiger partial charge on any atom is -0.481 e. The van der Waals surface area contributed by atoms with Gasteiger partial charge in [-0.25, -0.2) is 0 Å². The van der Waals surface area contributed by atoms with Crippen LogP contribution >= 0.6 is 0 Å². The molecule has 7 nitrogen and oxygen atoms in total. The van der Waals surface area contributed by atoms with Crippen molar-refractivity contribution in [3.8, 4) is 0 Å². The summed E-state index contributed by atoms with van der Waals surface area (Å²) in [5, 5.41) is 12.5. The third-order valence-electron chi connectivity index (χ3n) is 2.89. The van der Waals surface area contributed by atoms with Crippen LogP contribution in [0, 0.1) is 5.92 Å². The lowest BCUT2D eigenvalue weighted by molar-refractivity contribution is -0.141. The normalized spacial score (nSPS) is 19.2. The molecule has 1 aromatic heterocycles. The van der Waals surface area contributed by atoms with Crippen LogP contribution in [0.15, 0.2) is 10.6 Å². The number of carboxylic acids is 1. The number of hydrogen-bond donors (Lipinski definition) is 1. The number of amides is 1. The summed E-state index contributed by atoms with van der Waals surface area (Å²) in [7, 11) is 1.52. The number of nitrogens with zero attached hydrogens (tertiary/aromatic N) is 2. The van der Waals surface area contributed by atoms with E-state index in [0.29, 0.717) is 18.7 Å². The number of carbonyl (C=O) groups excluding carboxylic acids is 1. The van der Waals surface area contributed by atoms with Gasteiger partial charge in [-0.15, -0.1) is 0 Å². The Bertz CT molecular complexity index is 456. The van der Waals surface area contributed by atoms with Crippen molar-refractivity contribution in [1.29, 1.82) is 0 Å². The molecule has 0 saturated carbocycles. The molecule has 1 aliphatic heterocycles. The van der Waals surface area contributed by atoms with Gasteiger partial charge in [-0.2, -0.15) is 0 Å². The fourth-order valence-electron chi connectivity index (χ4n) is 1.93. The van der Waals surface area contributed by atoms with Crippen LogP contribution in [-0.4, -0.2) is 47.2 Å². The molecule has 0 radical (unpaired) electrons. The molecule has 1 aliphatic rings. The molecule has 2 rings (SSSR count). The third-order valence-corrected chi connectivity index (χ3v) is 2.89. The summed E-state index contributed by atoms with van der Waals surface area (Å²) in [6.07, 6.45) is 0.476. The lowest BCUT2D eigenvalue weighted by Gasteiger charge is -2.13. The number of rotatable bonds is 4. The van der Waals surface area contributed by atoms with E-state index in [4.69, 9.17) is 14.4 Å². The van der Waals surface area contributed by atoms with E-state index < -0.39 is 11.9 Å². The van der Waals surface area contributed by atoms with E-state index in [1.807, 2.05) is 0 Å². The molecule has 98 valence electrons. The summed E-state index contributed by atoms with van der Waals surface area (Å²) in [4.78, 5) is 24.3. The molecule has 18 heavy (non-hydrogen) atoms. The summed E-state index contributed by atoms with van der Waals surface area (Å²) in [5.74, 6) is -1.19. The van der Waals surface area contributed by atoms with E-state index in [2.05, 4.69) is 5.16 Å². The standard InChI is InChI=1S/C11H14N2O5/c1-17-6-8-4-9(12-18-8)10(14)13-3-2-7(5-13)11(15)16/h4,7H,2-3,5-6H2,1H3,(H,15,16). The molecule has 1 amide bonds. The topological polar surface area (TPSA) is 92.9 Å². The van der Waals surface area contributed by atoms with Crippen LogP contribution in [0.4, 0.5) is 0 Å². The molecule has 1 fully saturated rings. The largest absolute Gasteiger partial charge is 0.481 e. The number of methoxy groups -OCH3 is 1. The minimum atomic E-state index is -0.870. The van der Waals surface area contributed by atoms with E-state index in [-0.39, 0.29) is 24.8 Å². The zero-order valence-corrected chi connectivity index (χ0v) is 9.96. The van der Waals surface area contributed by atoms with Crippen molar-refractivity contribution in [2.24, 2.45) is 5.92 Å². The highest BCUT2D eigenvalue weighted by atomic mass is 16.5. The van der Waals surface area contributed by atoms with Crippen LogP contribution in [0.25, 0.3) is 0 Å². The van der Waals surface area contributed by atoms with Crippen LogP contribution < -0.4 is 0 Å². The summed E-state index contributed by atoms with van der Waals surface area (Å²) in [5.41, 5.74) is 0.188. The second-order valence-electron chi connectivity index (χ2n) is 4.19. The Hall–Kier alpha value is -1.89. The fraction of sp³-hybridized carbons (Fsp3) is 0.545. The van der Waals surface area contributed by atoms with Gasteiger partial charge in [-0.1, -0.05) is 5.16 Å². The van der Waals surface area contributed by atoms with Crippen LogP contribution in [0.2, 0.25) is 0 Å². The summed E-state index contributed by atoms with van der Waals surface area (Å²) in [6, 6.07) is 1.51. The monoisotopic (exact) mass is 254 g/mol. The molecule has 1 aromatic rings. The molecule has 0 aliphatic carbocycles. The van der Waals surface area contributed by atoms with Crippen molar-refractivity contribution in [2.75, 3.05) is 20.2 Å². The molecule has 1 N–H and O–H groups in total. The van der Waals surface area contributed by atoms with E-state index >= 15 is 0 Å². The smallest absolute Gasteiger partial charge is 0.308 e. The zero-order chi connectivity index (χ0) is 13.1. The van der Waals surface area contributed by atoms with Crippen molar-refractivity contribution in [2.45, 2.75) is 13.0 Å². The van der Waals surface area contributed by atoms with Crippen LogP contribution in [0.5, 0.6) is 0 Å². The lowest BCUT2D eigenvalue weighted by Crippen LogP contribution is -2.30. The third kappa shape index (κ3) is 2.51. The molecule has 1 saturated heterocycles. The average Bonchev–Trinajstić information content (AvgIpc) is 2.97. The van der Waals surface area contributed by atoms with Crippen LogP contribution in [0.3, 0.4) is 0 Å². The molecule has 0 spiro atoms. The number of carboxylic acid groups (broad SMARTS) is 1. The summed E-state index contributed by atoms with van der Waals surface area (Å²) in [6.45, 7) is 0.904. The van der Waals surface area contributed by atoms with Crippen molar-refractivity contribution >= 4 is 11.9 Å².